The third kappa shape index (κ3) is 9.46. The van der Waals surface area contributed by atoms with Gasteiger partial charge in [-0.05, 0) is 26.3 Å². The lowest BCUT2D eigenvalue weighted by molar-refractivity contribution is -0.150. The fraction of sp³-hybridized carbons (Fsp3) is 0.583. The highest BCUT2D eigenvalue weighted by atomic mass is 31.2. The van der Waals surface area contributed by atoms with E-state index in [4.69, 9.17) is 25.3 Å². The SMILES string of the molecule is C[C@](CCCN)(C(=O)O)N(CC=CP(=O)(O)O)CC=CP(=O)(O)O. The molecule has 12 heteroatoms. The summed E-state index contributed by atoms with van der Waals surface area (Å²) in [5.74, 6) is 0.126. The first-order valence-corrected chi connectivity index (χ1v) is 10.3. The third-order valence-corrected chi connectivity index (χ3v) is 4.48. The van der Waals surface area contributed by atoms with E-state index in [-0.39, 0.29) is 26.1 Å². The summed E-state index contributed by atoms with van der Waals surface area (Å²) >= 11 is 0. The van der Waals surface area contributed by atoms with Crippen molar-refractivity contribution >= 4 is 21.2 Å². The molecule has 1 atom stereocenters. The summed E-state index contributed by atoms with van der Waals surface area (Å²) in [5, 5.41) is 9.51. The Labute approximate surface area is 140 Å². The molecule has 140 valence electrons. The molecule has 0 aliphatic carbocycles. The van der Waals surface area contributed by atoms with E-state index in [1.807, 2.05) is 0 Å². The van der Waals surface area contributed by atoms with E-state index in [9.17, 15) is 19.0 Å². The van der Waals surface area contributed by atoms with Gasteiger partial charge in [0.25, 0.3) is 0 Å². The molecule has 0 fully saturated rings. The van der Waals surface area contributed by atoms with Crippen LogP contribution in [0.4, 0.5) is 0 Å². The van der Waals surface area contributed by atoms with E-state index in [1.165, 1.54) is 11.8 Å². The zero-order valence-corrected chi connectivity index (χ0v) is 15.0. The molecule has 0 rings (SSSR count). The van der Waals surface area contributed by atoms with Gasteiger partial charge in [-0.3, -0.25) is 18.8 Å². The standard InChI is InChI=1S/C12H24N2O8P2/c1-12(11(15)16,5-2-6-13)14(7-3-9-23(17,18)19)8-4-10-24(20,21)22/h3-4,9-10H,2,5-8,13H2,1H3,(H,15,16)(H2,17,18,19)(H2,20,21,22)/t12-/m0/s1. The normalized spacial score (nSPS) is 16.1. The molecule has 0 aliphatic heterocycles. The number of rotatable bonds is 11. The van der Waals surface area contributed by atoms with Crippen LogP contribution in [0.1, 0.15) is 19.8 Å². The van der Waals surface area contributed by atoms with E-state index in [0.717, 1.165) is 12.2 Å². The first-order chi connectivity index (χ1) is 10.8. The van der Waals surface area contributed by atoms with Gasteiger partial charge in [0, 0.05) is 24.7 Å². The Hall–Kier alpha value is -0.830. The highest BCUT2D eigenvalue weighted by Crippen LogP contribution is 2.37. The van der Waals surface area contributed by atoms with Crippen LogP contribution in [0, 0.1) is 0 Å². The molecule has 0 spiro atoms. The molecule has 0 saturated heterocycles. The molecule has 0 aromatic heterocycles. The lowest BCUT2D eigenvalue weighted by Crippen LogP contribution is -2.52. The van der Waals surface area contributed by atoms with Crippen molar-refractivity contribution in [2.24, 2.45) is 5.73 Å². The lowest BCUT2D eigenvalue weighted by atomic mass is 9.93. The van der Waals surface area contributed by atoms with Gasteiger partial charge in [0.15, 0.2) is 0 Å². The second-order valence-corrected chi connectivity index (χ2v) is 8.28. The van der Waals surface area contributed by atoms with Crippen LogP contribution in [0.5, 0.6) is 0 Å². The topological polar surface area (TPSA) is 182 Å². The molecule has 0 amide bonds. The Morgan fingerprint density at radius 1 is 1.08 bits per heavy atom. The van der Waals surface area contributed by atoms with Crippen molar-refractivity contribution in [1.82, 2.24) is 4.90 Å². The van der Waals surface area contributed by atoms with Crippen LogP contribution < -0.4 is 5.73 Å². The molecule has 0 saturated carbocycles. The van der Waals surface area contributed by atoms with Gasteiger partial charge in [0.05, 0.1) is 0 Å². The Morgan fingerprint density at radius 3 is 1.79 bits per heavy atom. The first-order valence-electron chi connectivity index (χ1n) is 6.96. The summed E-state index contributed by atoms with van der Waals surface area (Å²) in [6.07, 6.45) is 2.79. The highest BCUT2D eigenvalue weighted by Gasteiger charge is 2.38. The maximum atomic E-state index is 11.7. The van der Waals surface area contributed by atoms with Crippen molar-refractivity contribution in [1.29, 1.82) is 0 Å². The maximum absolute atomic E-state index is 11.7. The minimum atomic E-state index is -4.39. The van der Waals surface area contributed by atoms with E-state index < -0.39 is 26.7 Å². The summed E-state index contributed by atoms with van der Waals surface area (Å²) in [7, 11) is -8.78. The summed E-state index contributed by atoms with van der Waals surface area (Å²) < 4.78 is 21.7. The average molecular weight is 386 g/mol. The number of carboxylic acids is 1. The summed E-state index contributed by atoms with van der Waals surface area (Å²) in [6, 6.07) is 0. The van der Waals surface area contributed by atoms with Gasteiger partial charge in [-0.2, -0.15) is 0 Å². The number of hydrogen-bond donors (Lipinski definition) is 6. The molecule has 0 bridgehead atoms. The Kier molecular flexibility index (Phi) is 9.27. The molecular weight excluding hydrogens is 362 g/mol. The minimum Gasteiger partial charge on any atom is -0.480 e. The second kappa shape index (κ2) is 9.60. The van der Waals surface area contributed by atoms with Crippen molar-refractivity contribution in [3.8, 4) is 0 Å². The predicted octanol–water partition coefficient (Wildman–Crippen LogP) is 0.253. The Balaban J connectivity index is 5.43. The number of nitrogens with two attached hydrogens (primary N) is 1. The minimum absolute atomic E-state index is 0.135. The summed E-state index contributed by atoms with van der Waals surface area (Å²) in [6.45, 7) is 1.41. The number of hydrogen-bond acceptors (Lipinski definition) is 5. The maximum Gasteiger partial charge on any atom is 0.348 e. The van der Waals surface area contributed by atoms with Crippen LogP contribution in [-0.2, 0) is 13.9 Å². The van der Waals surface area contributed by atoms with Gasteiger partial charge in [-0.25, -0.2) is 0 Å². The molecule has 0 aromatic carbocycles. The van der Waals surface area contributed by atoms with Gasteiger partial charge in [-0.15, -0.1) is 0 Å². The van der Waals surface area contributed by atoms with E-state index in [0.29, 0.717) is 18.1 Å². The van der Waals surface area contributed by atoms with Crippen LogP contribution in [0.25, 0.3) is 0 Å². The monoisotopic (exact) mass is 386 g/mol. The zero-order valence-electron chi connectivity index (χ0n) is 13.2. The summed E-state index contributed by atoms with van der Waals surface area (Å²) in [4.78, 5) is 48.3. The van der Waals surface area contributed by atoms with E-state index in [1.54, 1.807) is 0 Å². The first kappa shape index (κ1) is 23.2. The van der Waals surface area contributed by atoms with E-state index in [2.05, 4.69) is 0 Å². The van der Waals surface area contributed by atoms with Crippen LogP contribution in [0.3, 0.4) is 0 Å². The van der Waals surface area contributed by atoms with Crippen molar-refractivity contribution in [3.05, 3.63) is 23.8 Å². The molecule has 24 heavy (non-hydrogen) atoms. The van der Waals surface area contributed by atoms with Crippen LogP contribution >= 0.6 is 15.2 Å². The largest absolute Gasteiger partial charge is 0.480 e. The molecule has 0 unspecified atom stereocenters. The molecule has 0 aromatic rings. The number of nitrogens with zero attached hydrogens (tertiary/aromatic N) is 1. The average Bonchev–Trinajstić information content (AvgIpc) is 2.40. The fourth-order valence-corrected chi connectivity index (χ4v) is 2.69. The van der Waals surface area contributed by atoms with Crippen molar-refractivity contribution in [2.75, 3.05) is 19.6 Å². The van der Waals surface area contributed by atoms with Gasteiger partial charge in [0.1, 0.15) is 5.54 Å². The lowest BCUT2D eigenvalue weighted by Gasteiger charge is -2.37. The van der Waals surface area contributed by atoms with Gasteiger partial charge in [0.2, 0.25) is 0 Å². The van der Waals surface area contributed by atoms with Gasteiger partial charge >= 0.3 is 21.2 Å². The van der Waals surface area contributed by atoms with Crippen molar-refractivity contribution in [3.63, 3.8) is 0 Å². The second-order valence-electron chi connectivity index (χ2n) is 5.32. The third-order valence-electron chi connectivity index (χ3n) is 3.28. The van der Waals surface area contributed by atoms with Crippen molar-refractivity contribution in [2.45, 2.75) is 25.3 Å². The van der Waals surface area contributed by atoms with Gasteiger partial charge in [-0.1, -0.05) is 12.2 Å². The smallest absolute Gasteiger partial charge is 0.348 e. The Morgan fingerprint density at radius 2 is 1.50 bits per heavy atom. The Bertz CT molecular complexity index is 533. The quantitative estimate of drug-likeness (QED) is 0.269. The molecular formula is C12H24N2O8P2. The predicted molar refractivity (Wildman–Crippen MR) is 88.3 cm³/mol. The van der Waals surface area contributed by atoms with Crippen LogP contribution in [0.15, 0.2) is 23.8 Å². The van der Waals surface area contributed by atoms with Crippen LogP contribution in [-0.4, -0.2) is 60.7 Å². The molecule has 0 radical (unpaired) electrons. The van der Waals surface area contributed by atoms with E-state index >= 15 is 0 Å². The molecule has 0 aliphatic rings. The van der Waals surface area contributed by atoms with Crippen LogP contribution in [0.2, 0.25) is 0 Å². The summed E-state index contributed by atoms with van der Waals surface area (Å²) in [5.41, 5.74) is 3.99. The molecule has 10 nitrogen and oxygen atoms in total. The number of aliphatic carboxylic acids is 1. The number of carbonyl (C=O) groups is 1. The zero-order chi connectivity index (χ0) is 19.0. The van der Waals surface area contributed by atoms with Crippen molar-refractivity contribution < 1.29 is 38.6 Å². The molecule has 7 N–H and O–H groups in total. The highest BCUT2D eigenvalue weighted by molar-refractivity contribution is 7.55. The number of carboxylic acid groups (broad SMARTS) is 1. The molecule has 0 heterocycles. The fourth-order valence-electron chi connectivity index (χ4n) is 1.95. The van der Waals surface area contributed by atoms with Gasteiger partial charge < -0.3 is 30.4 Å².